The Balaban J connectivity index is 1.30. The minimum Gasteiger partial charge on any atom is -0.420 e. The molecule has 11 heteroatoms. The molecule has 1 aliphatic heterocycles. The number of aromatic nitrogens is 6. The standard InChI is InChI=1S/C24H27N7O3S/c1-3-31-18(14-30-13-9-5-8-12-20(30)32)25-28-24(31)35-15-19-26-27-23(33-19)21-16(2)34-29-22(21)17-10-6-4-7-11-17/h4,6-7,10-11H,3,5,8-9,12-15H2,1-2H3. The molecule has 1 aromatic carbocycles. The van der Waals surface area contributed by atoms with E-state index in [0.717, 1.165) is 42.4 Å². The van der Waals surface area contributed by atoms with Crippen LogP contribution in [-0.2, 0) is 23.6 Å². The first-order chi connectivity index (χ1) is 17.1. The molecule has 4 heterocycles. The van der Waals surface area contributed by atoms with E-state index < -0.39 is 0 Å². The fourth-order valence-corrected chi connectivity index (χ4v) is 5.05. The van der Waals surface area contributed by atoms with Crippen molar-refractivity contribution in [2.24, 2.45) is 0 Å². The average Bonchev–Trinajstić information content (AvgIpc) is 3.56. The number of carbonyl (C=O) groups excluding carboxylic acids is 1. The van der Waals surface area contributed by atoms with E-state index in [1.807, 2.05) is 53.6 Å². The van der Waals surface area contributed by atoms with Crippen LogP contribution < -0.4 is 0 Å². The Bertz CT molecular complexity index is 1300. The summed E-state index contributed by atoms with van der Waals surface area (Å²) in [5.41, 5.74) is 2.28. The van der Waals surface area contributed by atoms with Gasteiger partial charge in [-0.2, -0.15) is 0 Å². The van der Waals surface area contributed by atoms with Gasteiger partial charge in [0.15, 0.2) is 11.0 Å². The third-order valence-electron chi connectivity index (χ3n) is 6.03. The molecule has 1 fully saturated rings. The van der Waals surface area contributed by atoms with Gasteiger partial charge in [-0.25, -0.2) is 0 Å². The summed E-state index contributed by atoms with van der Waals surface area (Å²) in [7, 11) is 0. The minimum absolute atomic E-state index is 0.194. The third-order valence-corrected chi connectivity index (χ3v) is 6.98. The van der Waals surface area contributed by atoms with Crippen molar-refractivity contribution in [2.75, 3.05) is 6.54 Å². The summed E-state index contributed by atoms with van der Waals surface area (Å²) < 4.78 is 13.4. The van der Waals surface area contributed by atoms with Gasteiger partial charge < -0.3 is 18.4 Å². The van der Waals surface area contributed by atoms with Crippen LogP contribution in [0.15, 0.2) is 44.4 Å². The molecule has 182 valence electrons. The van der Waals surface area contributed by atoms with Gasteiger partial charge in [-0.1, -0.05) is 53.7 Å². The van der Waals surface area contributed by atoms with E-state index in [1.165, 1.54) is 11.8 Å². The number of nitrogens with zero attached hydrogens (tertiary/aromatic N) is 7. The fourth-order valence-electron chi connectivity index (χ4n) is 4.19. The quantitative estimate of drug-likeness (QED) is 0.327. The number of benzene rings is 1. The molecule has 0 bridgehead atoms. The highest BCUT2D eigenvalue weighted by atomic mass is 32.2. The highest BCUT2D eigenvalue weighted by Crippen LogP contribution is 2.34. The fraction of sp³-hybridized carbons (Fsp3) is 0.417. The van der Waals surface area contributed by atoms with Crippen molar-refractivity contribution in [3.63, 3.8) is 0 Å². The molecule has 0 N–H and O–H groups in total. The van der Waals surface area contributed by atoms with Gasteiger partial charge in [-0.15, -0.1) is 20.4 Å². The number of carbonyl (C=O) groups is 1. The smallest absolute Gasteiger partial charge is 0.253 e. The van der Waals surface area contributed by atoms with Crippen LogP contribution in [0, 0.1) is 6.92 Å². The van der Waals surface area contributed by atoms with E-state index >= 15 is 0 Å². The van der Waals surface area contributed by atoms with Gasteiger partial charge in [0.05, 0.1) is 12.3 Å². The first-order valence-electron chi connectivity index (χ1n) is 11.8. The van der Waals surface area contributed by atoms with Gasteiger partial charge in [-0.3, -0.25) is 4.79 Å². The lowest BCUT2D eigenvalue weighted by Gasteiger charge is -2.20. The van der Waals surface area contributed by atoms with E-state index in [-0.39, 0.29) is 5.91 Å². The Labute approximate surface area is 207 Å². The zero-order valence-electron chi connectivity index (χ0n) is 19.8. The topological polar surface area (TPSA) is 116 Å². The second kappa shape index (κ2) is 10.4. The van der Waals surface area contributed by atoms with E-state index in [1.54, 1.807) is 0 Å². The zero-order valence-corrected chi connectivity index (χ0v) is 20.6. The van der Waals surface area contributed by atoms with Crippen LogP contribution in [0.1, 0.15) is 50.1 Å². The van der Waals surface area contributed by atoms with E-state index in [9.17, 15) is 4.79 Å². The van der Waals surface area contributed by atoms with Gasteiger partial charge in [0.25, 0.3) is 5.89 Å². The normalized spacial score (nSPS) is 14.5. The van der Waals surface area contributed by atoms with Crippen molar-refractivity contribution in [1.82, 2.24) is 35.0 Å². The first-order valence-corrected chi connectivity index (χ1v) is 12.8. The van der Waals surface area contributed by atoms with Crippen LogP contribution in [0.25, 0.3) is 22.7 Å². The molecule has 35 heavy (non-hydrogen) atoms. The van der Waals surface area contributed by atoms with Crippen molar-refractivity contribution in [1.29, 1.82) is 0 Å². The van der Waals surface area contributed by atoms with Crippen molar-refractivity contribution >= 4 is 17.7 Å². The molecule has 0 atom stereocenters. The van der Waals surface area contributed by atoms with Crippen LogP contribution in [0.2, 0.25) is 0 Å². The summed E-state index contributed by atoms with van der Waals surface area (Å²) in [4.78, 5) is 14.3. The molecule has 4 aromatic rings. The third kappa shape index (κ3) is 5.00. The Morgan fingerprint density at radius 1 is 1.06 bits per heavy atom. The van der Waals surface area contributed by atoms with Crippen LogP contribution in [-0.4, -0.2) is 47.5 Å². The van der Waals surface area contributed by atoms with E-state index in [2.05, 4.69) is 25.6 Å². The molecule has 10 nitrogen and oxygen atoms in total. The van der Waals surface area contributed by atoms with Gasteiger partial charge in [0, 0.05) is 25.1 Å². The summed E-state index contributed by atoms with van der Waals surface area (Å²) >= 11 is 1.48. The van der Waals surface area contributed by atoms with Gasteiger partial charge in [0.1, 0.15) is 17.0 Å². The first kappa shape index (κ1) is 23.3. The molecular weight excluding hydrogens is 466 g/mol. The maximum Gasteiger partial charge on any atom is 0.253 e. The molecule has 0 saturated carbocycles. The highest BCUT2D eigenvalue weighted by Gasteiger charge is 2.23. The summed E-state index contributed by atoms with van der Waals surface area (Å²) in [6.07, 6.45) is 3.70. The molecule has 5 rings (SSSR count). The lowest BCUT2D eigenvalue weighted by molar-refractivity contribution is -0.131. The number of hydrogen-bond acceptors (Lipinski definition) is 9. The van der Waals surface area contributed by atoms with Crippen LogP contribution in [0.3, 0.4) is 0 Å². The predicted molar refractivity (Wildman–Crippen MR) is 129 cm³/mol. The number of hydrogen-bond donors (Lipinski definition) is 0. The molecule has 0 aliphatic carbocycles. The predicted octanol–water partition coefficient (Wildman–Crippen LogP) is 4.51. The second-order valence-electron chi connectivity index (χ2n) is 8.39. The summed E-state index contributed by atoms with van der Waals surface area (Å²) in [6.45, 7) is 5.84. The van der Waals surface area contributed by atoms with Gasteiger partial charge in [-0.05, 0) is 26.7 Å². The van der Waals surface area contributed by atoms with Crippen LogP contribution >= 0.6 is 11.8 Å². The van der Waals surface area contributed by atoms with Crippen molar-refractivity contribution in [3.8, 4) is 22.7 Å². The maximum absolute atomic E-state index is 12.4. The molecular formula is C24H27N7O3S. The lowest BCUT2D eigenvalue weighted by Crippen LogP contribution is -2.31. The second-order valence-corrected chi connectivity index (χ2v) is 9.33. The Morgan fingerprint density at radius 2 is 1.91 bits per heavy atom. The zero-order chi connectivity index (χ0) is 24.2. The largest absolute Gasteiger partial charge is 0.420 e. The van der Waals surface area contributed by atoms with Gasteiger partial charge >= 0.3 is 0 Å². The number of amides is 1. The number of thioether (sulfide) groups is 1. The average molecular weight is 494 g/mol. The molecule has 1 amide bonds. The highest BCUT2D eigenvalue weighted by molar-refractivity contribution is 7.98. The maximum atomic E-state index is 12.4. The lowest BCUT2D eigenvalue weighted by atomic mass is 10.1. The van der Waals surface area contributed by atoms with Crippen LogP contribution in [0.4, 0.5) is 0 Å². The summed E-state index contributed by atoms with van der Waals surface area (Å²) in [6, 6.07) is 9.76. The molecule has 1 saturated heterocycles. The number of likely N-dealkylation sites (tertiary alicyclic amines) is 1. The Kier molecular flexibility index (Phi) is 6.94. The minimum atomic E-state index is 0.194. The van der Waals surface area contributed by atoms with E-state index in [0.29, 0.717) is 54.1 Å². The Morgan fingerprint density at radius 3 is 2.74 bits per heavy atom. The van der Waals surface area contributed by atoms with Crippen molar-refractivity contribution in [2.45, 2.75) is 63.5 Å². The van der Waals surface area contributed by atoms with E-state index in [4.69, 9.17) is 8.94 Å². The molecule has 0 spiro atoms. The number of rotatable bonds is 8. The van der Waals surface area contributed by atoms with Crippen molar-refractivity contribution < 1.29 is 13.7 Å². The number of aryl methyl sites for hydroxylation is 1. The monoisotopic (exact) mass is 493 g/mol. The molecule has 0 radical (unpaired) electrons. The van der Waals surface area contributed by atoms with Crippen LogP contribution in [0.5, 0.6) is 0 Å². The molecule has 3 aromatic heterocycles. The Hall–Kier alpha value is -3.47. The molecule has 0 unspecified atom stereocenters. The van der Waals surface area contributed by atoms with Gasteiger partial charge in [0.2, 0.25) is 11.8 Å². The van der Waals surface area contributed by atoms with Crippen molar-refractivity contribution in [3.05, 3.63) is 47.8 Å². The summed E-state index contributed by atoms with van der Waals surface area (Å²) in [5, 5.41) is 22.2. The molecule has 1 aliphatic rings. The SMILES string of the molecule is CCn1c(CN2CCCCCC2=O)nnc1SCc1nnc(-c2c(-c3ccccc3)noc2C)o1. The summed E-state index contributed by atoms with van der Waals surface area (Å²) in [5.74, 6) is 2.89.